The molecule has 0 aliphatic heterocycles. The third-order valence-electron chi connectivity index (χ3n) is 2.28. The number of nitrogens with zero attached hydrogens (tertiary/aromatic N) is 2. The van der Waals surface area contributed by atoms with Crippen molar-refractivity contribution >= 4 is 0 Å². The van der Waals surface area contributed by atoms with Gasteiger partial charge >= 0.3 is 0 Å². The van der Waals surface area contributed by atoms with Crippen LogP contribution in [0.5, 0.6) is 0 Å². The maximum absolute atomic E-state index is 13.5. The highest BCUT2D eigenvalue weighted by molar-refractivity contribution is 5.29. The van der Waals surface area contributed by atoms with Crippen LogP contribution >= 0.6 is 0 Å². The van der Waals surface area contributed by atoms with Crippen LogP contribution in [0.25, 0.3) is 0 Å². The Morgan fingerprint density at radius 3 is 2.67 bits per heavy atom. The van der Waals surface area contributed by atoms with E-state index in [0.29, 0.717) is 24.0 Å². The number of benzene rings is 1. The summed E-state index contributed by atoms with van der Waals surface area (Å²) in [5.41, 5.74) is 1.21. The Hall–Kier alpha value is -1.87. The highest BCUT2D eigenvalue weighted by atomic mass is 19.1. The first-order chi connectivity index (χ1) is 7.19. The molecule has 0 aliphatic carbocycles. The molecule has 2 nitrogen and oxygen atoms in total. The summed E-state index contributed by atoms with van der Waals surface area (Å²) in [6, 6.07) is 8.79. The maximum atomic E-state index is 13.5. The van der Waals surface area contributed by atoms with Crippen molar-refractivity contribution in [3.63, 3.8) is 0 Å². The summed E-state index contributed by atoms with van der Waals surface area (Å²) in [6.45, 7) is 1.73. The standard InChI is InChI=1S/C12H11FN2/c1-9(8-15)11-5-4-10(3-2-6-14)12(13)7-11/h4-5,7,9H,2-3H2,1H3. The Labute approximate surface area is 88.6 Å². The van der Waals surface area contributed by atoms with E-state index in [4.69, 9.17) is 10.5 Å². The molecule has 76 valence electrons. The van der Waals surface area contributed by atoms with Gasteiger partial charge in [-0.1, -0.05) is 12.1 Å². The third-order valence-corrected chi connectivity index (χ3v) is 2.28. The van der Waals surface area contributed by atoms with E-state index < -0.39 is 0 Å². The van der Waals surface area contributed by atoms with Gasteiger partial charge in [0.05, 0.1) is 18.1 Å². The molecule has 0 spiro atoms. The first-order valence-electron chi connectivity index (χ1n) is 4.74. The molecule has 0 heterocycles. The van der Waals surface area contributed by atoms with Crippen LogP contribution in [-0.4, -0.2) is 0 Å². The molecular weight excluding hydrogens is 191 g/mol. The van der Waals surface area contributed by atoms with Gasteiger partial charge in [-0.2, -0.15) is 10.5 Å². The Kier molecular flexibility index (Phi) is 3.83. The van der Waals surface area contributed by atoms with Crippen molar-refractivity contribution in [2.45, 2.75) is 25.7 Å². The van der Waals surface area contributed by atoms with Gasteiger partial charge in [0, 0.05) is 6.42 Å². The molecule has 0 N–H and O–H groups in total. The van der Waals surface area contributed by atoms with E-state index in [1.165, 1.54) is 6.07 Å². The van der Waals surface area contributed by atoms with Gasteiger partial charge in [0.1, 0.15) is 5.82 Å². The number of aryl methyl sites for hydroxylation is 1. The third kappa shape index (κ3) is 2.79. The molecular formula is C12H11FN2. The van der Waals surface area contributed by atoms with Crippen molar-refractivity contribution in [2.24, 2.45) is 0 Å². The normalized spacial score (nSPS) is 11.5. The summed E-state index contributed by atoms with van der Waals surface area (Å²) in [5, 5.41) is 17.1. The summed E-state index contributed by atoms with van der Waals surface area (Å²) in [5.74, 6) is -0.630. The molecule has 0 aromatic heterocycles. The van der Waals surface area contributed by atoms with Crippen molar-refractivity contribution in [3.05, 3.63) is 35.1 Å². The van der Waals surface area contributed by atoms with Crippen LogP contribution in [0.4, 0.5) is 4.39 Å². The minimum absolute atomic E-state index is 0.301. The second-order valence-corrected chi connectivity index (χ2v) is 3.36. The SMILES string of the molecule is CC(C#N)c1ccc(CCC#N)c(F)c1. The first-order valence-corrected chi connectivity index (χ1v) is 4.74. The fourth-order valence-electron chi connectivity index (χ4n) is 1.30. The summed E-state index contributed by atoms with van der Waals surface area (Å²) in [4.78, 5) is 0. The quantitative estimate of drug-likeness (QED) is 0.756. The van der Waals surface area contributed by atoms with Crippen LogP contribution in [0.2, 0.25) is 0 Å². The first kappa shape index (κ1) is 11.2. The number of rotatable bonds is 3. The van der Waals surface area contributed by atoms with Crippen LogP contribution in [0.15, 0.2) is 18.2 Å². The number of hydrogen-bond donors (Lipinski definition) is 0. The molecule has 0 saturated heterocycles. The average molecular weight is 202 g/mol. The lowest BCUT2D eigenvalue weighted by Gasteiger charge is -2.05. The molecule has 1 aromatic carbocycles. The fraction of sp³-hybridized carbons (Fsp3) is 0.333. The van der Waals surface area contributed by atoms with Gasteiger partial charge in [0.15, 0.2) is 0 Å². The second-order valence-electron chi connectivity index (χ2n) is 3.36. The van der Waals surface area contributed by atoms with Gasteiger partial charge in [-0.3, -0.25) is 0 Å². The predicted octanol–water partition coefficient (Wildman–Crippen LogP) is 2.91. The van der Waals surface area contributed by atoms with Gasteiger partial charge in [-0.25, -0.2) is 4.39 Å². The molecule has 0 aliphatic rings. The summed E-state index contributed by atoms with van der Waals surface area (Å²) >= 11 is 0. The molecule has 15 heavy (non-hydrogen) atoms. The zero-order chi connectivity index (χ0) is 11.3. The average Bonchev–Trinajstić information content (AvgIpc) is 2.26. The smallest absolute Gasteiger partial charge is 0.126 e. The zero-order valence-electron chi connectivity index (χ0n) is 8.50. The minimum atomic E-state index is -0.329. The van der Waals surface area contributed by atoms with Crippen LogP contribution < -0.4 is 0 Å². The molecule has 1 atom stereocenters. The van der Waals surface area contributed by atoms with E-state index in [2.05, 4.69) is 6.07 Å². The van der Waals surface area contributed by atoms with E-state index in [1.54, 1.807) is 19.1 Å². The van der Waals surface area contributed by atoms with Gasteiger partial charge in [-0.05, 0) is 30.5 Å². The second kappa shape index (κ2) is 5.12. The van der Waals surface area contributed by atoms with Crippen molar-refractivity contribution in [1.82, 2.24) is 0 Å². The molecule has 3 heteroatoms. The Bertz CT molecular complexity index is 426. The van der Waals surface area contributed by atoms with Gasteiger partial charge in [-0.15, -0.1) is 0 Å². The lowest BCUT2D eigenvalue weighted by Crippen LogP contribution is -1.95. The van der Waals surface area contributed by atoms with Crippen LogP contribution in [0.3, 0.4) is 0 Å². The monoisotopic (exact) mass is 202 g/mol. The lowest BCUT2D eigenvalue weighted by molar-refractivity contribution is 0.607. The lowest BCUT2D eigenvalue weighted by atomic mass is 9.99. The molecule has 1 unspecified atom stereocenters. The molecule has 0 radical (unpaired) electrons. The highest BCUT2D eigenvalue weighted by Crippen LogP contribution is 2.18. The summed E-state index contributed by atoms with van der Waals surface area (Å²) in [6.07, 6.45) is 0.730. The number of nitriles is 2. The highest BCUT2D eigenvalue weighted by Gasteiger charge is 2.07. The molecule has 0 bridgehead atoms. The van der Waals surface area contributed by atoms with Gasteiger partial charge in [0.2, 0.25) is 0 Å². The predicted molar refractivity (Wildman–Crippen MR) is 54.4 cm³/mol. The van der Waals surface area contributed by atoms with Crippen LogP contribution in [0.1, 0.15) is 30.4 Å². The Morgan fingerprint density at radius 2 is 2.13 bits per heavy atom. The summed E-state index contributed by atoms with van der Waals surface area (Å²) < 4.78 is 13.5. The van der Waals surface area contributed by atoms with Crippen LogP contribution in [0, 0.1) is 28.5 Å². The van der Waals surface area contributed by atoms with Crippen molar-refractivity contribution < 1.29 is 4.39 Å². The van der Waals surface area contributed by atoms with Crippen molar-refractivity contribution in [3.8, 4) is 12.1 Å². The molecule has 0 saturated carbocycles. The van der Waals surface area contributed by atoms with E-state index in [-0.39, 0.29) is 11.7 Å². The molecule has 1 aromatic rings. The van der Waals surface area contributed by atoms with Gasteiger partial charge in [0.25, 0.3) is 0 Å². The van der Waals surface area contributed by atoms with Gasteiger partial charge < -0.3 is 0 Å². The maximum Gasteiger partial charge on any atom is 0.126 e. The minimum Gasteiger partial charge on any atom is -0.207 e. The topological polar surface area (TPSA) is 47.6 Å². The molecule has 0 fully saturated rings. The summed E-state index contributed by atoms with van der Waals surface area (Å²) in [7, 11) is 0. The van der Waals surface area contributed by atoms with Crippen molar-refractivity contribution in [1.29, 1.82) is 10.5 Å². The van der Waals surface area contributed by atoms with E-state index >= 15 is 0 Å². The largest absolute Gasteiger partial charge is 0.207 e. The number of halogens is 1. The fourth-order valence-corrected chi connectivity index (χ4v) is 1.30. The zero-order valence-corrected chi connectivity index (χ0v) is 8.50. The van der Waals surface area contributed by atoms with E-state index in [0.717, 1.165) is 0 Å². The molecule has 1 rings (SSSR count). The van der Waals surface area contributed by atoms with Crippen LogP contribution in [-0.2, 0) is 6.42 Å². The van der Waals surface area contributed by atoms with E-state index in [9.17, 15) is 4.39 Å². The van der Waals surface area contributed by atoms with E-state index in [1.807, 2.05) is 6.07 Å². The van der Waals surface area contributed by atoms with Crippen molar-refractivity contribution in [2.75, 3.05) is 0 Å². The Balaban J connectivity index is 2.90. The molecule has 0 amide bonds. The number of hydrogen-bond acceptors (Lipinski definition) is 2. The Morgan fingerprint density at radius 1 is 1.40 bits per heavy atom.